The summed E-state index contributed by atoms with van der Waals surface area (Å²) in [5, 5.41) is 2.91. The molecule has 6 nitrogen and oxygen atoms in total. The Bertz CT molecular complexity index is 519. The Labute approximate surface area is 125 Å². The van der Waals surface area contributed by atoms with Gasteiger partial charge >= 0.3 is 0 Å². The highest BCUT2D eigenvalue weighted by Crippen LogP contribution is 2.20. The van der Waals surface area contributed by atoms with Gasteiger partial charge in [0.2, 0.25) is 5.88 Å². The van der Waals surface area contributed by atoms with Gasteiger partial charge in [-0.3, -0.25) is 4.79 Å². The van der Waals surface area contributed by atoms with Crippen LogP contribution in [0.4, 0.5) is 0 Å². The number of aromatic nitrogens is 1. The number of ether oxygens (including phenoxy) is 2. The minimum Gasteiger partial charge on any atom is -0.481 e. The maximum absolute atomic E-state index is 12.2. The Kier molecular flexibility index (Phi) is 5.14. The van der Waals surface area contributed by atoms with E-state index in [-0.39, 0.29) is 5.91 Å². The number of carbonyl (C=O) groups excluding carboxylic acids is 1. The number of hydrogen-bond donors (Lipinski definition) is 1. The molecule has 0 aliphatic carbocycles. The van der Waals surface area contributed by atoms with Gasteiger partial charge in [-0.15, -0.1) is 0 Å². The molecule has 0 aromatic carbocycles. The first-order valence-electron chi connectivity index (χ1n) is 7.10. The first kappa shape index (κ1) is 15.7. The van der Waals surface area contributed by atoms with Gasteiger partial charge in [-0.2, -0.15) is 0 Å². The molecule has 0 radical (unpaired) electrons. The number of likely N-dealkylation sites (N-methyl/N-ethyl adjacent to an activating group) is 1. The normalized spacial score (nSPS) is 19.3. The van der Waals surface area contributed by atoms with Crippen LogP contribution in [0.3, 0.4) is 0 Å². The minimum absolute atomic E-state index is 0.0939. The van der Waals surface area contributed by atoms with E-state index in [4.69, 9.17) is 9.47 Å². The summed E-state index contributed by atoms with van der Waals surface area (Å²) in [6.45, 7) is 6.37. The van der Waals surface area contributed by atoms with E-state index < -0.39 is 6.10 Å². The molecule has 1 aliphatic rings. The second kappa shape index (κ2) is 6.87. The number of nitrogens with one attached hydrogen (secondary N) is 1. The number of methoxy groups -OCH3 is 1. The lowest BCUT2D eigenvalue weighted by atomic mass is 10.1. The van der Waals surface area contributed by atoms with Crippen molar-refractivity contribution in [3.05, 3.63) is 22.9 Å². The van der Waals surface area contributed by atoms with Gasteiger partial charge in [-0.25, -0.2) is 4.98 Å². The van der Waals surface area contributed by atoms with Gasteiger partial charge in [-0.05, 0) is 32.5 Å². The van der Waals surface area contributed by atoms with Crippen molar-refractivity contribution in [2.75, 3.05) is 33.9 Å². The van der Waals surface area contributed by atoms with Crippen LogP contribution in [-0.4, -0.2) is 55.7 Å². The average Bonchev–Trinajstić information content (AvgIpc) is 2.45. The molecule has 1 amide bonds. The molecule has 0 saturated carbocycles. The number of morpholine rings is 1. The summed E-state index contributed by atoms with van der Waals surface area (Å²) in [7, 11) is 3.58. The molecule has 1 atom stereocenters. The summed E-state index contributed by atoms with van der Waals surface area (Å²) in [6.07, 6.45) is -0.409. The van der Waals surface area contributed by atoms with E-state index in [9.17, 15) is 4.79 Å². The monoisotopic (exact) mass is 293 g/mol. The van der Waals surface area contributed by atoms with Gasteiger partial charge in [0.1, 0.15) is 6.10 Å². The third-order valence-electron chi connectivity index (χ3n) is 3.63. The lowest BCUT2D eigenvalue weighted by molar-refractivity contribution is -0.138. The first-order chi connectivity index (χ1) is 10.0. The van der Waals surface area contributed by atoms with Crippen molar-refractivity contribution in [1.82, 2.24) is 15.2 Å². The predicted octanol–water partition coefficient (Wildman–Crippen LogP) is 0.654. The molecule has 1 aliphatic heterocycles. The van der Waals surface area contributed by atoms with Crippen LogP contribution in [0.5, 0.6) is 5.88 Å². The highest BCUT2D eigenvalue weighted by molar-refractivity contribution is 5.81. The van der Waals surface area contributed by atoms with Crippen LogP contribution in [0, 0.1) is 13.8 Å². The van der Waals surface area contributed by atoms with Crippen molar-refractivity contribution in [3.8, 4) is 5.88 Å². The zero-order valence-electron chi connectivity index (χ0n) is 13.1. The Balaban J connectivity index is 2.01. The Morgan fingerprint density at radius 1 is 1.57 bits per heavy atom. The molecular weight excluding hydrogens is 270 g/mol. The van der Waals surface area contributed by atoms with Crippen LogP contribution in [-0.2, 0) is 16.1 Å². The zero-order chi connectivity index (χ0) is 15.4. The van der Waals surface area contributed by atoms with Gasteiger partial charge < -0.3 is 19.7 Å². The van der Waals surface area contributed by atoms with Crippen molar-refractivity contribution in [3.63, 3.8) is 0 Å². The van der Waals surface area contributed by atoms with Gasteiger partial charge in [0, 0.05) is 30.9 Å². The largest absolute Gasteiger partial charge is 0.481 e. The van der Waals surface area contributed by atoms with E-state index in [0.717, 1.165) is 23.4 Å². The van der Waals surface area contributed by atoms with Crippen LogP contribution in [0.25, 0.3) is 0 Å². The number of nitrogens with zero attached hydrogens (tertiary/aromatic N) is 2. The van der Waals surface area contributed by atoms with Crippen molar-refractivity contribution in [2.24, 2.45) is 0 Å². The molecule has 0 bridgehead atoms. The Hall–Kier alpha value is -1.66. The van der Waals surface area contributed by atoms with Crippen molar-refractivity contribution >= 4 is 5.91 Å². The minimum atomic E-state index is -0.409. The topological polar surface area (TPSA) is 63.7 Å². The standard InChI is InChI=1S/C15H23N3O3/c1-10-7-11(2)17-15(20-4)12(10)8-16-14(19)13-9-18(3)5-6-21-13/h7,13H,5-6,8-9H2,1-4H3,(H,16,19). The summed E-state index contributed by atoms with van der Waals surface area (Å²) < 4.78 is 10.8. The molecule has 116 valence electrons. The van der Waals surface area contributed by atoms with E-state index in [1.54, 1.807) is 7.11 Å². The number of rotatable bonds is 4. The fourth-order valence-corrected chi connectivity index (χ4v) is 2.44. The summed E-state index contributed by atoms with van der Waals surface area (Å²) in [6, 6.07) is 1.98. The van der Waals surface area contributed by atoms with Crippen LogP contribution in [0.1, 0.15) is 16.8 Å². The van der Waals surface area contributed by atoms with E-state index >= 15 is 0 Å². The Morgan fingerprint density at radius 3 is 3.00 bits per heavy atom. The first-order valence-corrected chi connectivity index (χ1v) is 7.10. The summed E-state index contributed by atoms with van der Waals surface area (Å²) in [5.74, 6) is 0.470. The number of aryl methyl sites for hydroxylation is 2. The lowest BCUT2D eigenvalue weighted by Gasteiger charge is -2.29. The molecule has 2 rings (SSSR count). The average molecular weight is 293 g/mol. The van der Waals surface area contributed by atoms with Gasteiger partial charge in [0.25, 0.3) is 5.91 Å². The van der Waals surface area contributed by atoms with Gasteiger partial charge in [-0.1, -0.05) is 0 Å². The zero-order valence-corrected chi connectivity index (χ0v) is 13.1. The predicted molar refractivity (Wildman–Crippen MR) is 79.3 cm³/mol. The molecule has 6 heteroatoms. The number of amides is 1. The molecule has 1 aromatic heterocycles. The van der Waals surface area contributed by atoms with Crippen LogP contribution < -0.4 is 10.1 Å². The molecular formula is C15H23N3O3. The van der Waals surface area contributed by atoms with E-state index in [1.165, 1.54) is 0 Å². The van der Waals surface area contributed by atoms with Gasteiger partial charge in [0.15, 0.2) is 0 Å². The number of carbonyl (C=O) groups is 1. The van der Waals surface area contributed by atoms with Crippen molar-refractivity contribution < 1.29 is 14.3 Å². The second-order valence-electron chi connectivity index (χ2n) is 5.41. The smallest absolute Gasteiger partial charge is 0.250 e. The summed E-state index contributed by atoms with van der Waals surface area (Å²) in [5.41, 5.74) is 2.86. The lowest BCUT2D eigenvalue weighted by Crippen LogP contribution is -2.48. The SMILES string of the molecule is COc1nc(C)cc(C)c1CNC(=O)C1CN(C)CCO1. The van der Waals surface area contributed by atoms with Crippen LogP contribution in [0.2, 0.25) is 0 Å². The summed E-state index contributed by atoms with van der Waals surface area (Å²) in [4.78, 5) is 18.6. The molecule has 1 saturated heterocycles. The Morgan fingerprint density at radius 2 is 2.33 bits per heavy atom. The highest BCUT2D eigenvalue weighted by atomic mass is 16.5. The van der Waals surface area contributed by atoms with Crippen molar-refractivity contribution in [2.45, 2.75) is 26.5 Å². The molecule has 1 aromatic rings. The maximum atomic E-state index is 12.2. The molecule has 1 fully saturated rings. The van der Waals surface area contributed by atoms with Gasteiger partial charge in [0.05, 0.1) is 13.7 Å². The molecule has 1 unspecified atom stereocenters. The molecule has 0 spiro atoms. The summed E-state index contributed by atoms with van der Waals surface area (Å²) >= 11 is 0. The highest BCUT2D eigenvalue weighted by Gasteiger charge is 2.25. The molecule has 21 heavy (non-hydrogen) atoms. The third-order valence-corrected chi connectivity index (χ3v) is 3.63. The number of pyridine rings is 1. The van der Waals surface area contributed by atoms with E-state index in [0.29, 0.717) is 25.6 Å². The molecule has 1 N–H and O–H groups in total. The maximum Gasteiger partial charge on any atom is 0.250 e. The van der Waals surface area contributed by atoms with Crippen LogP contribution in [0.15, 0.2) is 6.07 Å². The fraction of sp³-hybridized carbons (Fsp3) is 0.600. The van der Waals surface area contributed by atoms with E-state index in [2.05, 4.69) is 15.2 Å². The van der Waals surface area contributed by atoms with Crippen LogP contribution >= 0.6 is 0 Å². The van der Waals surface area contributed by atoms with Crippen molar-refractivity contribution in [1.29, 1.82) is 0 Å². The fourth-order valence-electron chi connectivity index (χ4n) is 2.44. The quantitative estimate of drug-likeness (QED) is 0.883. The van der Waals surface area contributed by atoms with E-state index in [1.807, 2.05) is 27.0 Å². The third kappa shape index (κ3) is 3.92. The second-order valence-corrected chi connectivity index (χ2v) is 5.41. The molecule has 2 heterocycles. The number of hydrogen-bond acceptors (Lipinski definition) is 5.